The van der Waals surface area contributed by atoms with Crippen molar-refractivity contribution in [3.8, 4) is 11.4 Å². The van der Waals surface area contributed by atoms with E-state index in [1.165, 1.54) is 4.80 Å². The molecule has 3 rings (SSSR count). The highest BCUT2D eigenvalue weighted by Gasteiger charge is 2.18. The predicted molar refractivity (Wildman–Crippen MR) is 95.5 cm³/mol. The molecule has 1 atom stereocenters. The third-order valence-corrected chi connectivity index (χ3v) is 4.10. The average molecular weight is 386 g/mol. The normalized spacial score (nSPS) is 12.0. The fraction of sp³-hybridized carbons (Fsp3) is 0.176. The number of nitrogens with one attached hydrogen (secondary N) is 1. The van der Waals surface area contributed by atoms with Gasteiger partial charge in [-0.1, -0.05) is 45.8 Å². The molecule has 122 valence electrons. The molecule has 0 spiro atoms. The van der Waals surface area contributed by atoms with E-state index in [-0.39, 0.29) is 5.91 Å². The van der Waals surface area contributed by atoms with E-state index in [0.29, 0.717) is 11.5 Å². The Hall–Kier alpha value is -2.54. The van der Waals surface area contributed by atoms with Gasteiger partial charge in [0, 0.05) is 15.7 Å². The van der Waals surface area contributed by atoms with Gasteiger partial charge in [-0.15, -0.1) is 10.2 Å². The molecule has 0 radical (unpaired) electrons. The van der Waals surface area contributed by atoms with E-state index in [9.17, 15) is 4.79 Å². The summed E-state index contributed by atoms with van der Waals surface area (Å²) >= 11 is 3.36. The lowest BCUT2D eigenvalue weighted by Gasteiger charge is -2.10. The highest BCUT2D eigenvalue weighted by molar-refractivity contribution is 9.10. The summed E-state index contributed by atoms with van der Waals surface area (Å²) in [5.74, 6) is 0.295. The van der Waals surface area contributed by atoms with Crippen molar-refractivity contribution in [3.05, 3.63) is 58.6 Å². The average Bonchev–Trinajstić information content (AvgIpc) is 3.07. The summed E-state index contributed by atoms with van der Waals surface area (Å²) in [5, 5.41) is 15.2. The summed E-state index contributed by atoms with van der Waals surface area (Å²) in [4.78, 5) is 13.7. The van der Waals surface area contributed by atoms with E-state index in [4.69, 9.17) is 0 Å². The molecule has 0 aliphatic rings. The van der Waals surface area contributed by atoms with Gasteiger partial charge < -0.3 is 5.32 Å². The molecule has 24 heavy (non-hydrogen) atoms. The van der Waals surface area contributed by atoms with Crippen molar-refractivity contribution in [1.29, 1.82) is 0 Å². The number of carbonyl (C=O) groups is 1. The zero-order valence-electron chi connectivity index (χ0n) is 13.3. The first-order valence-electron chi connectivity index (χ1n) is 7.46. The number of hydrogen-bond acceptors (Lipinski definition) is 4. The molecule has 6 nitrogen and oxygen atoms in total. The van der Waals surface area contributed by atoms with Crippen LogP contribution in [0.2, 0.25) is 0 Å². The summed E-state index contributed by atoms with van der Waals surface area (Å²) in [6.07, 6.45) is 0. The van der Waals surface area contributed by atoms with Gasteiger partial charge in [0.15, 0.2) is 0 Å². The van der Waals surface area contributed by atoms with Gasteiger partial charge in [0.2, 0.25) is 5.82 Å². The molecular weight excluding hydrogens is 370 g/mol. The standard InChI is InChI=1S/C17H16BrN5O/c1-11-3-5-13(6-4-11)16-20-22-23(21-16)12(2)17(24)19-15-9-7-14(18)8-10-15/h3-10,12H,1-2H3,(H,19,24)/t12-/m0/s1. The van der Waals surface area contributed by atoms with Crippen LogP contribution in [-0.2, 0) is 4.79 Å². The highest BCUT2D eigenvalue weighted by Crippen LogP contribution is 2.17. The van der Waals surface area contributed by atoms with Crippen molar-refractivity contribution >= 4 is 27.5 Å². The summed E-state index contributed by atoms with van der Waals surface area (Å²) < 4.78 is 0.953. The molecule has 0 aliphatic carbocycles. The van der Waals surface area contributed by atoms with E-state index in [1.54, 1.807) is 6.92 Å². The van der Waals surface area contributed by atoms with E-state index >= 15 is 0 Å². The molecule has 0 bridgehead atoms. The molecule has 2 aromatic carbocycles. The third kappa shape index (κ3) is 3.68. The maximum atomic E-state index is 12.3. The van der Waals surface area contributed by atoms with E-state index in [0.717, 1.165) is 15.6 Å². The molecule has 0 aliphatic heterocycles. The van der Waals surface area contributed by atoms with Crippen molar-refractivity contribution in [2.24, 2.45) is 0 Å². The Morgan fingerprint density at radius 2 is 1.79 bits per heavy atom. The van der Waals surface area contributed by atoms with Gasteiger partial charge in [0.25, 0.3) is 5.91 Å². The van der Waals surface area contributed by atoms with Crippen molar-refractivity contribution in [3.63, 3.8) is 0 Å². The Morgan fingerprint density at radius 1 is 1.12 bits per heavy atom. The van der Waals surface area contributed by atoms with Gasteiger partial charge in [-0.25, -0.2) is 0 Å². The van der Waals surface area contributed by atoms with Gasteiger partial charge >= 0.3 is 0 Å². The zero-order chi connectivity index (χ0) is 17.1. The number of benzene rings is 2. The molecular formula is C17H16BrN5O. The SMILES string of the molecule is Cc1ccc(-c2nnn([C@@H](C)C(=O)Nc3ccc(Br)cc3)n2)cc1. The third-order valence-electron chi connectivity index (χ3n) is 3.58. The first-order valence-corrected chi connectivity index (χ1v) is 8.25. The number of halogens is 1. The van der Waals surface area contributed by atoms with Crippen LogP contribution in [0.3, 0.4) is 0 Å². The van der Waals surface area contributed by atoms with Crippen LogP contribution in [0, 0.1) is 6.92 Å². The molecule has 3 aromatic rings. The van der Waals surface area contributed by atoms with Gasteiger partial charge in [-0.05, 0) is 43.3 Å². The number of aromatic nitrogens is 4. The first kappa shape index (κ1) is 16.3. The van der Waals surface area contributed by atoms with Gasteiger partial charge in [0.1, 0.15) is 6.04 Å². The smallest absolute Gasteiger partial charge is 0.250 e. The molecule has 0 saturated carbocycles. The summed E-state index contributed by atoms with van der Waals surface area (Å²) in [6.45, 7) is 3.75. The minimum absolute atomic E-state index is 0.204. The van der Waals surface area contributed by atoms with Crippen molar-refractivity contribution < 1.29 is 4.79 Å². The van der Waals surface area contributed by atoms with Crippen LogP contribution in [0.15, 0.2) is 53.0 Å². The lowest BCUT2D eigenvalue weighted by atomic mass is 10.1. The van der Waals surface area contributed by atoms with Gasteiger partial charge in [-0.3, -0.25) is 4.79 Å². The lowest BCUT2D eigenvalue weighted by Crippen LogP contribution is -2.25. The molecule has 7 heteroatoms. The second-order valence-electron chi connectivity index (χ2n) is 5.47. The number of tetrazole rings is 1. The Morgan fingerprint density at radius 3 is 2.46 bits per heavy atom. The molecule has 1 amide bonds. The minimum Gasteiger partial charge on any atom is -0.324 e. The van der Waals surface area contributed by atoms with Crippen LogP contribution >= 0.6 is 15.9 Å². The second-order valence-corrected chi connectivity index (χ2v) is 6.39. The van der Waals surface area contributed by atoms with Crippen LogP contribution in [0.5, 0.6) is 0 Å². The number of rotatable bonds is 4. The number of amides is 1. The quantitative estimate of drug-likeness (QED) is 0.744. The molecule has 0 unspecified atom stereocenters. The number of anilines is 1. The maximum Gasteiger partial charge on any atom is 0.250 e. The Kier molecular flexibility index (Phi) is 4.71. The Bertz CT molecular complexity index is 842. The fourth-order valence-corrected chi connectivity index (χ4v) is 2.36. The van der Waals surface area contributed by atoms with Gasteiger partial charge in [-0.2, -0.15) is 4.80 Å². The van der Waals surface area contributed by atoms with Crippen molar-refractivity contribution in [1.82, 2.24) is 20.2 Å². The lowest BCUT2D eigenvalue weighted by molar-refractivity contribution is -0.119. The largest absolute Gasteiger partial charge is 0.324 e. The minimum atomic E-state index is -0.569. The molecule has 1 aromatic heterocycles. The predicted octanol–water partition coefficient (Wildman–Crippen LogP) is 3.61. The molecule has 0 saturated heterocycles. The Balaban J connectivity index is 1.73. The maximum absolute atomic E-state index is 12.3. The summed E-state index contributed by atoms with van der Waals surface area (Å²) in [7, 11) is 0. The number of aryl methyl sites for hydroxylation is 1. The topological polar surface area (TPSA) is 72.7 Å². The number of hydrogen-bond donors (Lipinski definition) is 1. The summed E-state index contributed by atoms with van der Waals surface area (Å²) in [6, 6.07) is 14.6. The summed E-state index contributed by atoms with van der Waals surface area (Å²) in [5.41, 5.74) is 2.75. The van der Waals surface area contributed by atoms with Crippen molar-refractivity contribution in [2.45, 2.75) is 19.9 Å². The van der Waals surface area contributed by atoms with Gasteiger partial charge in [0.05, 0.1) is 0 Å². The van der Waals surface area contributed by atoms with Crippen LogP contribution < -0.4 is 5.32 Å². The van der Waals surface area contributed by atoms with E-state index in [1.807, 2.05) is 55.5 Å². The monoisotopic (exact) mass is 385 g/mol. The zero-order valence-corrected chi connectivity index (χ0v) is 14.9. The number of carbonyl (C=O) groups excluding carboxylic acids is 1. The van der Waals surface area contributed by atoms with E-state index in [2.05, 4.69) is 36.7 Å². The molecule has 0 fully saturated rings. The second kappa shape index (κ2) is 6.92. The van der Waals surface area contributed by atoms with Crippen LogP contribution in [0.1, 0.15) is 18.5 Å². The fourth-order valence-electron chi connectivity index (χ4n) is 2.09. The van der Waals surface area contributed by atoms with Crippen LogP contribution in [0.25, 0.3) is 11.4 Å². The number of nitrogens with zero attached hydrogens (tertiary/aromatic N) is 4. The van der Waals surface area contributed by atoms with Crippen LogP contribution in [-0.4, -0.2) is 26.1 Å². The highest BCUT2D eigenvalue weighted by atomic mass is 79.9. The Labute approximate surface area is 148 Å². The molecule has 1 heterocycles. The van der Waals surface area contributed by atoms with Crippen LogP contribution in [0.4, 0.5) is 5.69 Å². The van der Waals surface area contributed by atoms with E-state index < -0.39 is 6.04 Å². The molecule has 1 N–H and O–H groups in total. The first-order chi connectivity index (χ1) is 11.5. The van der Waals surface area contributed by atoms with Crippen molar-refractivity contribution in [2.75, 3.05) is 5.32 Å².